The Balaban J connectivity index is 2.26. The van der Waals surface area contributed by atoms with Crippen LogP contribution in [0.5, 0.6) is 5.75 Å². The molecule has 0 unspecified atom stereocenters. The first kappa shape index (κ1) is 9.58. The molecule has 0 saturated heterocycles. The maximum Gasteiger partial charge on any atom is 0.341 e. The van der Waals surface area contributed by atoms with Crippen molar-refractivity contribution < 1.29 is 14.6 Å². The molecule has 4 heteroatoms. The lowest BCUT2D eigenvalue weighted by Gasteiger charge is -2.02. The number of aryl methyl sites for hydroxylation is 1. The molecule has 1 aromatic heterocycles. The van der Waals surface area contributed by atoms with Crippen molar-refractivity contribution in [1.29, 1.82) is 0 Å². The molecular formula is C11H11NO3. The zero-order chi connectivity index (χ0) is 10.8. The van der Waals surface area contributed by atoms with Crippen molar-refractivity contribution in [2.45, 2.75) is 6.92 Å². The molecule has 1 heterocycles. The van der Waals surface area contributed by atoms with Crippen molar-refractivity contribution in [3.8, 4) is 5.75 Å². The lowest BCUT2D eigenvalue weighted by molar-refractivity contribution is -0.139. The fraction of sp³-hybridized carbons (Fsp3) is 0.182. The van der Waals surface area contributed by atoms with E-state index in [1.165, 1.54) is 0 Å². The van der Waals surface area contributed by atoms with E-state index < -0.39 is 5.97 Å². The summed E-state index contributed by atoms with van der Waals surface area (Å²) in [6, 6.07) is 7.44. The second-order valence-corrected chi connectivity index (χ2v) is 3.38. The van der Waals surface area contributed by atoms with Crippen molar-refractivity contribution in [2.75, 3.05) is 6.61 Å². The predicted molar refractivity (Wildman–Crippen MR) is 56.2 cm³/mol. The summed E-state index contributed by atoms with van der Waals surface area (Å²) in [5, 5.41) is 9.48. The molecule has 1 aromatic carbocycles. The van der Waals surface area contributed by atoms with E-state index >= 15 is 0 Å². The quantitative estimate of drug-likeness (QED) is 0.804. The first-order valence-corrected chi connectivity index (χ1v) is 4.59. The molecule has 2 aromatic rings. The van der Waals surface area contributed by atoms with Crippen LogP contribution in [0.15, 0.2) is 24.3 Å². The van der Waals surface area contributed by atoms with E-state index in [4.69, 9.17) is 9.84 Å². The van der Waals surface area contributed by atoms with Crippen LogP contribution in [0.1, 0.15) is 5.69 Å². The topological polar surface area (TPSA) is 62.3 Å². The van der Waals surface area contributed by atoms with Crippen LogP contribution in [0, 0.1) is 6.92 Å². The highest BCUT2D eigenvalue weighted by Crippen LogP contribution is 2.21. The zero-order valence-corrected chi connectivity index (χ0v) is 8.28. The van der Waals surface area contributed by atoms with E-state index in [1.807, 2.05) is 25.1 Å². The summed E-state index contributed by atoms with van der Waals surface area (Å²) in [5.74, 6) is -0.399. The van der Waals surface area contributed by atoms with Crippen molar-refractivity contribution >= 4 is 16.9 Å². The molecule has 0 spiro atoms. The number of rotatable bonds is 3. The Hall–Kier alpha value is -1.97. The van der Waals surface area contributed by atoms with Gasteiger partial charge >= 0.3 is 5.97 Å². The van der Waals surface area contributed by atoms with Crippen LogP contribution in [0.2, 0.25) is 0 Å². The zero-order valence-electron chi connectivity index (χ0n) is 8.28. The van der Waals surface area contributed by atoms with Gasteiger partial charge in [-0.2, -0.15) is 0 Å². The van der Waals surface area contributed by atoms with Crippen molar-refractivity contribution in [3.63, 3.8) is 0 Å². The number of aliphatic carboxylic acids is 1. The third-order valence-corrected chi connectivity index (χ3v) is 2.09. The molecule has 15 heavy (non-hydrogen) atoms. The fourth-order valence-electron chi connectivity index (χ4n) is 1.49. The lowest BCUT2D eigenvalue weighted by atomic mass is 10.2. The average Bonchev–Trinajstić information content (AvgIpc) is 2.53. The molecule has 78 valence electrons. The normalized spacial score (nSPS) is 10.5. The van der Waals surface area contributed by atoms with Gasteiger partial charge in [0.05, 0.1) is 0 Å². The van der Waals surface area contributed by atoms with Crippen LogP contribution in [-0.2, 0) is 4.79 Å². The third-order valence-electron chi connectivity index (χ3n) is 2.09. The van der Waals surface area contributed by atoms with E-state index in [0.29, 0.717) is 5.75 Å². The summed E-state index contributed by atoms with van der Waals surface area (Å²) in [4.78, 5) is 13.5. The van der Waals surface area contributed by atoms with Gasteiger partial charge in [-0.3, -0.25) is 0 Å². The minimum atomic E-state index is -0.972. The van der Waals surface area contributed by atoms with Crippen LogP contribution < -0.4 is 4.74 Å². The standard InChI is InChI=1S/C11H11NO3/c1-7-4-8-5-9(15-6-11(13)14)2-3-10(8)12-7/h2-5,12H,6H2,1H3,(H,13,14). The summed E-state index contributed by atoms with van der Waals surface area (Å²) in [6.45, 7) is 1.66. The molecule has 0 fully saturated rings. The summed E-state index contributed by atoms with van der Waals surface area (Å²) in [5.41, 5.74) is 2.09. The number of H-pyrrole nitrogens is 1. The van der Waals surface area contributed by atoms with Crippen molar-refractivity contribution in [1.82, 2.24) is 4.98 Å². The molecular weight excluding hydrogens is 194 g/mol. The lowest BCUT2D eigenvalue weighted by Crippen LogP contribution is -2.09. The molecule has 0 radical (unpaired) electrons. The maximum atomic E-state index is 10.3. The second kappa shape index (κ2) is 3.65. The summed E-state index contributed by atoms with van der Waals surface area (Å²) in [7, 11) is 0. The molecule has 2 rings (SSSR count). The Bertz CT molecular complexity index is 502. The highest BCUT2D eigenvalue weighted by Gasteiger charge is 2.02. The van der Waals surface area contributed by atoms with Crippen LogP contribution in [-0.4, -0.2) is 22.7 Å². The second-order valence-electron chi connectivity index (χ2n) is 3.38. The summed E-state index contributed by atoms with van der Waals surface area (Å²) >= 11 is 0. The number of aromatic nitrogens is 1. The van der Waals surface area contributed by atoms with Crippen LogP contribution in [0.3, 0.4) is 0 Å². The van der Waals surface area contributed by atoms with Gasteiger partial charge in [-0.1, -0.05) is 0 Å². The van der Waals surface area contributed by atoms with Gasteiger partial charge in [0.2, 0.25) is 0 Å². The smallest absolute Gasteiger partial charge is 0.341 e. The number of benzene rings is 1. The maximum absolute atomic E-state index is 10.3. The predicted octanol–water partition coefficient (Wildman–Crippen LogP) is 1.94. The molecule has 0 aliphatic heterocycles. The number of nitrogens with one attached hydrogen (secondary N) is 1. The Morgan fingerprint density at radius 3 is 3.00 bits per heavy atom. The van der Waals surface area contributed by atoms with Gasteiger partial charge in [-0.05, 0) is 31.2 Å². The van der Waals surface area contributed by atoms with Crippen LogP contribution in [0.4, 0.5) is 0 Å². The van der Waals surface area contributed by atoms with Gasteiger partial charge in [-0.25, -0.2) is 4.79 Å². The largest absolute Gasteiger partial charge is 0.482 e. The van der Waals surface area contributed by atoms with E-state index in [2.05, 4.69) is 4.98 Å². The number of hydrogen-bond acceptors (Lipinski definition) is 2. The minimum Gasteiger partial charge on any atom is -0.482 e. The van der Waals surface area contributed by atoms with E-state index in [-0.39, 0.29) is 6.61 Å². The molecule has 0 atom stereocenters. The van der Waals surface area contributed by atoms with Gasteiger partial charge in [0.25, 0.3) is 0 Å². The van der Waals surface area contributed by atoms with Gasteiger partial charge in [0, 0.05) is 16.6 Å². The number of carboxylic acids is 1. The molecule has 4 nitrogen and oxygen atoms in total. The van der Waals surface area contributed by atoms with Crippen molar-refractivity contribution in [3.05, 3.63) is 30.0 Å². The van der Waals surface area contributed by atoms with E-state index in [9.17, 15) is 4.79 Å². The Labute approximate surface area is 86.5 Å². The van der Waals surface area contributed by atoms with Gasteiger partial charge in [-0.15, -0.1) is 0 Å². The monoisotopic (exact) mass is 205 g/mol. The molecule has 0 aliphatic rings. The third kappa shape index (κ3) is 2.10. The highest BCUT2D eigenvalue weighted by atomic mass is 16.5. The number of carbonyl (C=O) groups is 1. The van der Waals surface area contributed by atoms with Crippen molar-refractivity contribution in [2.24, 2.45) is 0 Å². The van der Waals surface area contributed by atoms with Gasteiger partial charge in [0.15, 0.2) is 6.61 Å². The number of hydrogen-bond donors (Lipinski definition) is 2. The average molecular weight is 205 g/mol. The Morgan fingerprint density at radius 1 is 1.47 bits per heavy atom. The number of fused-ring (bicyclic) bond motifs is 1. The Morgan fingerprint density at radius 2 is 2.27 bits per heavy atom. The number of aromatic amines is 1. The number of carboxylic acid groups (broad SMARTS) is 1. The minimum absolute atomic E-state index is 0.311. The molecule has 2 N–H and O–H groups in total. The van der Waals surface area contributed by atoms with Gasteiger partial charge in [0.1, 0.15) is 5.75 Å². The molecule has 0 amide bonds. The van der Waals surface area contributed by atoms with Crippen LogP contribution >= 0.6 is 0 Å². The van der Waals surface area contributed by atoms with E-state index in [0.717, 1.165) is 16.6 Å². The highest BCUT2D eigenvalue weighted by molar-refractivity contribution is 5.82. The summed E-state index contributed by atoms with van der Waals surface area (Å²) in [6.07, 6.45) is 0. The van der Waals surface area contributed by atoms with Gasteiger partial charge < -0.3 is 14.8 Å². The Kier molecular flexibility index (Phi) is 2.33. The number of ether oxygens (including phenoxy) is 1. The first-order chi connectivity index (χ1) is 7.15. The molecule has 0 aliphatic carbocycles. The first-order valence-electron chi connectivity index (χ1n) is 4.59. The molecule has 0 saturated carbocycles. The van der Waals surface area contributed by atoms with Crippen LogP contribution in [0.25, 0.3) is 10.9 Å². The van der Waals surface area contributed by atoms with E-state index in [1.54, 1.807) is 6.07 Å². The summed E-state index contributed by atoms with van der Waals surface area (Å²) < 4.78 is 5.07. The fourth-order valence-corrected chi connectivity index (χ4v) is 1.49. The molecule has 0 bridgehead atoms. The SMILES string of the molecule is Cc1cc2cc(OCC(=O)O)ccc2[nH]1.